The van der Waals surface area contributed by atoms with Crippen molar-refractivity contribution in [2.45, 2.75) is 59.4 Å². The van der Waals surface area contributed by atoms with Gasteiger partial charge in [-0.25, -0.2) is 0 Å². The molecule has 1 heterocycles. The van der Waals surface area contributed by atoms with Crippen LogP contribution < -0.4 is 5.73 Å². The zero-order valence-corrected chi connectivity index (χ0v) is 11.6. The smallest absolute Gasteiger partial charge is 0.00673 e. The van der Waals surface area contributed by atoms with Crippen LogP contribution in [0.15, 0.2) is 0 Å². The fourth-order valence-corrected chi connectivity index (χ4v) is 2.94. The number of nitrogens with two attached hydrogens (primary N) is 1. The van der Waals surface area contributed by atoms with E-state index in [1.165, 1.54) is 38.8 Å². The van der Waals surface area contributed by atoms with Crippen molar-refractivity contribution < 1.29 is 0 Å². The van der Waals surface area contributed by atoms with Crippen molar-refractivity contribution in [1.29, 1.82) is 0 Å². The molecule has 2 N–H and O–H groups in total. The van der Waals surface area contributed by atoms with Gasteiger partial charge in [-0.1, -0.05) is 27.2 Å². The summed E-state index contributed by atoms with van der Waals surface area (Å²) in [5, 5.41) is 0. The van der Waals surface area contributed by atoms with Crippen molar-refractivity contribution in [2.75, 3.05) is 19.6 Å². The Kier molecular flexibility index (Phi) is 5.26. The molecule has 2 heteroatoms. The molecule has 0 aromatic heterocycles. The molecule has 0 radical (unpaired) electrons. The predicted octanol–water partition coefficient (Wildman–Crippen LogP) is 2.87. The molecule has 2 nitrogen and oxygen atoms in total. The van der Waals surface area contributed by atoms with Gasteiger partial charge in [-0.3, -0.25) is 4.90 Å². The first-order valence-electron chi connectivity index (χ1n) is 6.95. The average Bonchev–Trinajstić information content (AvgIpc) is 2.24. The quantitative estimate of drug-likeness (QED) is 0.781. The Morgan fingerprint density at radius 1 is 1.31 bits per heavy atom. The lowest BCUT2D eigenvalue weighted by atomic mass is 9.83. The monoisotopic (exact) mass is 226 g/mol. The summed E-state index contributed by atoms with van der Waals surface area (Å²) in [7, 11) is 0. The zero-order chi connectivity index (χ0) is 12.2. The van der Waals surface area contributed by atoms with Gasteiger partial charge in [0.25, 0.3) is 0 Å². The van der Waals surface area contributed by atoms with Crippen LogP contribution in [-0.4, -0.2) is 30.6 Å². The van der Waals surface area contributed by atoms with Crippen molar-refractivity contribution >= 4 is 0 Å². The van der Waals surface area contributed by atoms with Gasteiger partial charge in [0, 0.05) is 19.1 Å². The number of rotatable bonds is 5. The van der Waals surface area contributed by atoms with E-state index < -0.39 is 0 Å². The van der Waals surface area contributed by atoms with Gasteiger partial charge in [-0.2, -0.15) is 0 Å². The Balaban J connectivity index is 2.55. The highest BCUT2D eigenvalue weighted by Crippen LogP contribution is 2.28. The molecule has 0 spiro atoms. The van der Waals surface area contributed by atoms with E-state index in [1.807, 2.05) is 0 Å². The molecule has 0 amide bonds. The van der Waals surface area contributed by atoms with Gasteiger partial charge in [-0.15, -0.1) is 0 Å². The van der Waals surface area contributed by atoms with E-state index >= 15 is 0 Å². The third-order valence-corrected chi connectivity index (χ3v) is 4.18. The Morgan fingerprint density at radius 2 is 2.00 bits per heavy atom. The Bertz CT molecular complexity index is 205. The highest BCUT2D eigenvalue weighted by molar-refractivity contribution is 4.84. The van der Waals surface area contributed by atoms with Gasteiger partial charge in [0.1, 0.15) is 0 Å². The molecule has 1 aliphatic rings. The van der Waals surface area contributed by atoms with Crippen LogP contribution in [0.4, 0.5) is 0 Å². The number of likely N-dealkylation sites (tertiary alicyclic amines) is 1. The molecule has 1 saturated heterocycles. The van der Waals surface area contributed by atoms with E-state index in [4.69, 9.17) is 5.73 Å². The van der Waals surface area contributed by atoms with Crippen LogP contribution in [0.1, 0.15) is 53.4 Å². The summed E-state index contributed by atoms with van der Waals surface area (Å²) in [5.41, 5.74) is 6.28. The van der Waals surface area contributed by atoms with E-state index in [9.17, 15) is 0 Å². The van der Waals surface area contributed by atoms with Crippen molar-refractivity contribution in [2.24, 2.45) is 17.1 Å². The molecular formula is C14H30N2. The second kappa shape index (κ2) is 6.02. The van der Waals surface area contributed by atoms with E-state index in [-0.39, 0.29) is 0 Å². The highest BCUT2D eigenvalue weighted by atomic mass is 15.2. The summed E-state index contributed by atoms with van der Waals surface area (Å²) >= 11 is 0. The summed E-state index contributed by atoms with van der Waals surface area (Å²) in [6.07, 6.45) is 5.24. The first-order chi connectivity index (χ1) is 7.50. The fraction of sp³-hybridized carbons (Fsp3) is 1.00. The number of nitrogens with zero attached hydrogens (tertiary/aromatic N) is 1. The van der Waals surface area contributed by atoms with E-state index in [0.29, 0.717) is 5.41 Å². The lowest BCUT2D eigenvalue weighted by molar-refractivity contribution is 0.0722. The van der Waals surface area contributed by atoms with E-state index in [2.05, 4.69) is 32.6 Å². The van der Waals surface area contributed by atoms with Crippen molar-refractivity contribution in [3.05, 3.63) is 0 Å². The highest BCUT2D eigenvalue weighted by Gasteiger charge is 2.30. The van der Waals surface area contributed by atoms with Gasteiger partial charge < -0.3 is 5.73 Å². The Labute approximate surface area is 102 Å². The molecular weight excluding hydrogens is 196 g/mol. The van der Waals surface area contributed by atoms with Crippen LogP contribution >= 0.6 is 0 Å². The van der Waals surface area contributed by atoms with Gasteiger partial charge in [0.05, 0.1) is 0 Å². The van der Waals surface area contributed by atoms with Crippen molar-refractivity contribution in [3.63, 3.8) is 0 Å². The van der Waals surface area contributed by atoms with E-state index in [1.54, 1.807) is 0 Å². The lowest BCUT2D eigenvalue weighted by Gasteiger charge is -2.42. The molecule has 0 bridgehead atoms. The predicted molar refractivity (Wildman–Crippen MR) is 71.5 cm³/mol. The SMILES string of the molecule is CCCC(C)(CN)CN1CC(C)CCC1C. The molecule has 1 aliphatic heterocycles. The van der Waals surface area contributed by atoms with Gasteiger partial charge >= 0.3 is 0 Å². The molecule has 16 heavy (non-hydrogen) atoms. The number of piperidine rings is 1. The summed E-state index contributed by atoms with van der Waals surface area (Å²) in [4.78, 5) is 2.66. The second-order valence-corrected chi connectivity index (χ2v) is 6.23. The van der Waals surface area contributed by atoms with Gasteiger partial charge in [0.15, 0.2) is 0 Å². The molecule has 1 fully saturated rings. The van der Waals surface area contributed by atoms with Crippen LogP contribution in [0.25, 0.3) is 0 Å². The molecule has 0 aliphatic carbocycles. The van der Waals surface area contributed by atoms with Crippen LogP contribution in [-0.2, 0) is 0 Å². The summed E-state index contributed by atoms with van der Waals surface area (Å²) in [6.45, 7) is 12.6. The molecule has 0 saturated carbocycles. The maximum atomic E-state index is 5.96. The van der Waals surface area contributed by atoms with E-state index in [0.717, 1.165) is 18.5 Å². The number of hydrogen-bond acceptors (Lipinski definition) is 2. The first kappa shape index (κ1) is 14.0. The molecule has 1 rings (SSSR count). The zero-order valence-electron chi connectivity index (χ0n) is 11.6. The topological polar surface area (TPSA) is 29.3 Å². The Morgan fingerprint density at radius 3 is 2.56 bits per heavy atom. The van der Waals surface area contributed by atoms with Crippen LogP contribution in [0.5, 0.6) is 0 Å². The molecule has 0 aromatic carbocycles. The maximum Gasteiger partial charge on any atom is 0.00673 e. The molecule has 3 unspecified atom stereocenters. The summed E-state index contributed by atoms with van der Waals surface area (Å²) < 4.78 is 0. The van der Waals surface area contributed by atoms with Crippen molar-refractivity contribution in [1.82, 2.24) is 4.90 Å². The Hall–Kier alpha value is -0.0800. The third-order valence-electron chi connectivity index (χ3n) is 4.18. The normalized spacial score (nSPS) is 31.3. The largest absolute Gasteiger partial charge is 0.330 e. The van der Waals surface area contributed by atoms with Crippen LogP contribution in [0.2, 0.25) is 0 Å². The minimum Gasteiger partial charge on any atom is -0.330 e. The van der Waals surface area contributed by atoms with Gasteiger partial charge in [0.2, 0.25) is 0 Å². The molecule has 0 aromatic rings. The van der Waals surface area contributed by atoms with Crippen molar-refractivity contribution in [3.8, 4) is 0 Å². The number of hydrogen-bond donors (Lipinski definition) is 1. The van der Waals surface area contributed by atoms with Crippen LogP contribution in [0, 0.1) is 11.3 Å². The van der Waals surface area contributed by atoms with Crippen LogP contribution in [0.3, 0.4) is 0 Å². The minimum atomic E-state index is 0.320. The summed E-state index contributed by atoms with van der Waals surface area (Å²) in [6, 6.07) is 0.749. The first-order valence-corrected chi connectivity index (χ1v) is 6.95. The lowest BCUT2D eigenvalue weighted by Crippen LogP contribution is -2.48. The van der Waals surface area contributed by atoms with Gasteiger partial charge in [-0.05, 0) is 44.1 Å². The molecule has 96 valence electrons. The second-order valence-electron chi connectivity index (χ2n) is 6.23. The maximum absolute atomic E-state index is 5.96. The molecule has 3 atom stereocenters. The average molecular weight is 226 g/mol. The standard InChI is InChI=1S/C14H30N2/c1-5-8-14(4,10-15)11-16-9-12(2)6-7-13(16)3/h12-13H,5-11,15H2,1-4H3. The minimum absolute atomic E-state index is 0.320. The third kappa shape index (κ3) is 3.74. The fourth-order valence-electron chi connectivity index (χ4n) is 2.94. The summed E-state index contributed by atoms with van der Waals surface area (Å²) in [5.74, 6) is 0.861.